The molecule has 0 unspecified atom stereocenters. The maximum Gasteiger partial charge on any atom is 0.271 e. The van der Waals surface area contributed by atoms with Crippen LogP contribution in [0.3, 0.4) is 0 Å². The monoisotopic (exact) mass is 260 g/mol. The van der Waals surface area contributed by atoms with Gasteiger partial charge in [-0.1, -0.05) is 5.21 Å². The van der Waals surface area contributed by atoms with E-state index in [9.17, 15) is 10.1 Å². The zero-order valence-electron chi connectivity index (χ0n) is 9.49. The lowest BCUT2D eigenvalue weighted by atomic mass is 10.3. The number of non-ortho nitro benzene ring substituents is 1. The third-order valence-electron chi connectivity index (χ3n) is 2.48. The van der Waals surface area contributed by atoms with Crippen LogP contribution < -0.4 is 5.32 Å². The van der Waals surface area contributed by atoms with Crippen LogP contribution in [0.5, 0.6) is 0 Å². The number of nitrogens with zero attached hydrogens (tertiary/aromatic N) is 5. The van der Waals surface area contributed by atoms with Crippen molar-refractivity contribution < 1.29 is 4.92 Å². The molecule has 0 aliphatic rings. The van der Waals surface area contributed by atoms with Crippen molar-refractivity contribution in [2.75, 3.05) is 5.32 Å². The van der Waals surface area contributed by atoms with Crippen LogP contribution in [0.4, 0.5) is 11.6 Å². The molecule has 0 aliphatic carbocycles. The highest BCUT2D eigenvalue weighted by Crippen LogP contribution is 2.20. The highest BCUT2D eigenvalue weighted by molar-refractivity contribution is 5.79. The fraction of sp³-hybridized carbons (Fsp3) is 0.111. The maximum absolute atomic E-state index is 10.7. The molecule has 10 heteroatoms. The van der Waals surface area contributed by atoms with Crippen LogP contribution in [-0.4, -0.2) is 35.5 Å². The molecule has 3 aromatic rings. The van der Waals surface area contributed by atoms with Crippen molar-refractivity contribution in [3.63, 3.8) is 0 Å². The number of aromatic amines is 2. The van der Waals surface area contributed by atoms with E-state index in [1.54, 1.807) is 6.07 Å². The Morgan fingerprint density at radius 3 is 3.05 bits per heavy atom. The number of aromatic nitrogens is 6. The molecule has 0 saturated carbocycles. The van der Waals surface area contributed by atoms with Crippen LogP contribution in [0, 0.1) is 10.1 Å². The second-order valence-electron chi connectivity index (χ2n) is 3.73. The van der Waals surface area contributed by atoms with E-state index >= 15 is 0 Å². The molecular formula is C9H8N8O2. The van der Waals surface area contributed by atoms with Gasteiger partial charge in [-0.05, 0) is 6.07 Å². The van der Waals surface area contributed by atoms with Gasteiger partial charge in [-0.15, -0.1) is 10.2 Å². The number of nitro groups is 1. The van der Waals surface area contributed by atoms with Crippen LogP contribution in [0.25, 0.3) is 11.0 Å². The van der Waals surface area contributed by atoms with E-state index in [2.05, 4.69) is 35.9 Å². The predicted octanol–water partition coefficient (Wildman–Crippen LogP) is 0.596. The summed E-state index contributed by atoms with van der Waals surface area (Å²) < 4.78 is 0. The summed E-state index contributed by atoms with van der Waals surface area (Å²) in [4.78, 5) is 17.4. The Labute approximate surface area is 105 Å². The number of nitro benzene ring substituents is 1. The van der Waals surface area contributed by atoms with E-state index in [0.717, 1.165) is 0 Å². The molecule has 0 fully saturated rings. The second-order valence-corrected chi connectivity index (χ2v) is 3.73. The summed E-state index contributed by atoms with van der Waals surface area (Å²) in [5.41, 5.74) is 1.24. The van der Waals surface area contributed by atoms with Gasteiger partial charge < -0.3 is 10.3 Å². The molecule has 0 aliphatic heterocycles. The van der Waals surface area contributed by atoms with Crippen LogP contribution in [0.1, 0.15) is 5.82 Å². The van der Waals surface area contributed by atoms with Crippen molar-refractivity contribution >= 4 is 22.7 Å². The Morgan fingerprint density at radius 2 is 2.32 bits per heavy atom. The van der Waals surface area contributed by atoms with Gasteiger partial charge in [-0.2, -0.15) is 5.21 Å². The van der Waals surface area contributed by atoms with Crippen molar-refractivity contribution in [3.05, 3.63) is 34.1 Å². The van der Waals surface area contributed by atoms with E-state index in [-0.39, 0.29) is 5.69 Å². The first-order valence-electron chi connectivity index (χ1n) is 5.33. The molecule has 1 aromatic carbocycles. The zero-order valence-corrected chi connectivity index (χ0v) is 9.49. The zero-order chi connectivity index (χ0) is 13.2. The Balaban J connectivity index is 1.83. The predicted molar refractivity (Wildman–Crippen MR) is 64.3 cm³/mol. The van der Waals surface area contributed by atoms with Crippen LogP contribution in [-0.2, 0) is 6.54 Å². The molecule has 2 heterocycles. The molecule has 10 nitrogen and oxygen atoms in total. The molecule has 96 valence electrons. The van der Waals surface area contributed by atoms with Crippen molar-refractivity contribution in [1.29, 1.82) is 0 Å². The minimum Gasteiger partial charge on any atom is -0.348 e. The first kappa shape index (κ1) is 11.1. The van der Waals surface area contributed by atoms with Crippen molar-refractivity contribution in [2.45, 2.75) is 6.54 Å². The number of H-pyrrole nitrogens is 2. The molecule has 19 heavy (non-hydrogen) atoms. The number of hydrogen-bond donors (Lipinski definition) is 3. The van der Waals surface area contributed by atoms with Crippen molar-refractivity contribution in [1.82, 2.24) is 30.6 Å². The van der Waals surface area contributed by atoms with E-state index in [1.807, 2.05) is 0 Å². The lowest BCUT2D eigenvalue weighted by Gasteiger charge is -1.96. The number of benzene rings is 1. The summed E-state index contributed by atoms with van der Waals surface area (Å²) in [6.45, 7) is 0.346. The fourth-order valence-electron chi connectivity index (χ4n) is 1.62. The third-order valence-corrected chi connectivity index (χ3v) is 2.48. The van der Waals surface area contributed by atoms with Crippen LogP contribution in [0.15, 0.2) is 18.2 Å². The van der Waals surface area contributed by atoms with Gasteiger partial charge in [0, 0.05) is 12.1 Å². The summed E-state index contributed by atoms with van der Waals surface area (Å²) in [5, 5.41) is 27.0. The summed E-state index contributed by atoms with van der Waals surface area (Å²) in [5.74, 6) is 0.978. The van der Waals surface area contributed by atoms with Gasteiger partial charge in [-0.25, -0.2) is 4.98 Å². The van der Waals surface area contributed by atoms with Crippen molar-refractivity contribution in [3.8, 4) is 0 Å². The Hall–Kier alpha value is -3.04. The van der Waals surface area contributed by atoms with Gasteiger partial charge in [0.1, 0.15) is 0 Å². The largest absolute Gasteiger partial charge is 0.348 e. The SMILES string of the molecule is O=[N+]([O-])c1ccc2nc(NCc3nn[nH]n3)[nH]c2c1. The highest BCUT2D eigenvalue weighted by Gasteiger charge is 2.09. The standard InChI is InChI=1S/C9H8N8O2/c18-17(19)5-1-2-6-7(3-5)12-9(11-6)10-4-8-13-15-16-14-8/h1-3H,4H2,(H2,10,11,12)(H,13,14,15,16). The maximum atomic E-state index is 10.7. The van der Waals surface area contributed by atoms with Gasteiger partial charge in [0.05, 0.1) is 22.5 Å². The lowest BCUT2D eigenvalue weighted by molar-refractivity contribution is -0.384. The number of hydrogen-bond acceptors (Lipinski definition) is 7. The normalized spacial score (nSPS) is 10.7. The minimum atomic E-state index is -0.452. The number of fused-ring (bicyclic) bond motifs is 1. The minimum absolute atomic E-state index is 0.0147. The van der Waals surface area contributed by atoms with E-state index < -0.39 is 4.92 Å². The highest BCUT2D eigenvalue weighted by atomic mass is 16.6. The third kappa shape index (κ3) is 2.18. The fourth-order valence-corrected chi connectivity index (χ4v) is 1.62. The smallest absolute Gasteiger partial charge is 0.271 e. The molecule has 0 saturated heterocycles. The average Bonchev–Trinajstić information content (AvgIpc) is 3.04. The first-order chi connectivity index (χ1) is 9.22. The molecule has 3 rings (SSSR count). The molecule has 0 spiro atoms. The van der Waals surface area contributed by atoms with E-state index in [1.165, 1.54) is 12.1 Å². The Kier molecular flexibility index (Phi) is 2.52. The van der Waals surface area contributed by atoms with Gasteiger partial charge in [0.25, 0.3) is 5.69 Å². The topological polar surface area (TPSA) is 138 Å². The summed E-state index contributed by atoms with van der Waals surface area (Å²) in [6.07, 6.45) is 0. The van der Waals surface area contributed by atoms with Crippen molar-refractivity contribution in [2.24, 2.45) is 0 Å². The number of anilines is 1. The molecule has 2 aromatic heterocycles. The van der Waals surface area contributed by atoms with Crippen LogP contribution in [0.2, 0.25) is 0 Å². The van der Waals surface area contributed by atoms with Gasteiger partial charge >= 0.3 is 0 Å². The molecule has 0 amide bonds. The number of tetrazole rings is 1. The average molecular weight is 260 g/mol. The summed E-state index contributed by atoms with van der Waals surface area (Å²) in [7, 11) is 0. The summed E-state index contributed by atoms with van der Waals surface area (Å²) in [6, 6.07) is 4.43. The Bertz CT molecular complexity index is 719. The van der Waals surface area contributed by atoms with Gasteiger partial charge in [-0.3, -0.25) is 10.1 Å². The number of nitrogens with one attached hydrogen (secondary N) is 3. The first-order valence-corrected chi connectivity index (χ1v) is 5.33. The molecule has 0 bridgehead atoms. The second kappa shape index (κ2) is 4.33. The van der Waals surface area contributed by atoms with Gasteiger partial charge in [0.15, 0.2) is 5.82 Å². The molecule has 0 atom stereocenters. The Morgan fingerprint density at radius 1 is 1.42 bits per heavy atom. The number of rotatable bonds is 4. The quantitative estimate of drug-likeness (QED) is 0.461. The molecular weight excluding hydrogens is 252 g/mol. The lowest BCUT2D eigenvalue weighted by Crippen LogP contribution is -2.02. The van der Waals surface area contributed by atoms with E-state index in [4.69, 9.17) is 0 Å². The van der Waals surface area contributed by atoms with Crippen LogP contribution >= 0.6 is 0 Å². The van der Waals surface area contributed by atoms with E-state index in [0.29, 0.717) is 29.4 Å². The number of imidazole rings is 1. The van der Waals surface area contributed by atoms with Gasteiger partial charge in [0.2, 0.25) is 5.95 Å². The molecule has 3 N–H and O–H groups in total. The molecule has 0 radical (unpaired) electrons. The summed E-state index contributed by atoms with van der Waals surface area (Å²) >= 11 is 0.